The first-order chi connectivity index (χ1) is 7.25. The van der Waals surface area contributed by atoms with Gasteiger partial charge in [0.25, 0.3) is 6.29 Å². The lowest BCUT2D eigenvalue weighted by Gasteiger charge is -2.50. The van der Waals surface area contributed by atoms with E-state index < -0.39 is 35.5 Å². The van der Waals surface area contributed by atoms with Gasteiger partial charge in [0, 0.05) is 0 Å². The Labute approximate surface area is 91.0 Å². The third kappa shape index (κ3) is 1.31. The summed E-state index contributed by atoms with van der Waals surface area (Å²) in [5.41, 5.74) is -2.39. The number of fused-ring (bicyclic) bond motifs is 1. The third-order valence-corrected chi connectivity index (χ3v) is 2.12. The molecule has 0 radical (unpaired) electrons. The molecule has 16 heavy (non-hydrogen) atoms. The zero-order chi connectivity index (χ0) is 12.1. The van der Waals surface area contributed by atoms with Crippen molar-refractivity contribution in [3.63, 3.8) is 0 Å². The molecule has 0 aromatic carbocycles. The van der Waals surface area contributed by atoms with Crippen LogP contribution in [0.5, 0.6) is 0 Å². The Morgan fingerprint density at radius 3 is 2.12 bits per heavy atom. The van der Waals surface area contributed by atoms with E-state index in [-0.39, 0.29) is 0 Å². The van der Waals surface area contributed by atoms with Gasteiger partial charge < -0.3 is 14.2 Å². The minimum absolute atomic E-state index is 0.711. The van der Waals surface area contributed by atoms with Crippen molar-refractivity contribution in [1.82, 2.24) is 5.32 Å². The van der Waals surface area contributed by atoms with E-state index in [1.54, 1.807) is 20.8 Å². The largest absolute Gasteiger partial charge is 0.444 e. The Balaban J connectivity index is 2.02. The molecule has 2 saturated heterocycles. The minimum atomic E-state index is -1.68. The lowest BCUT2D eigenvalue weighted by molar-refractivity contribution is -0.292. The molecule has 7 nitrogen and oxygen atoms in total. The molecular weight excluding hydrogens is 218 g/mol. The Morgan fingerprint density at radius 1 is 1.31 bits per heavy atom. The predicted molar refractivity (Wildman–Crippen MR) is 48.1 cm³/mol. The summed E-state index contributed by atoms with van der Waals surface area (Å²) in [6.07, 6.45) is -1.87. The number of ether oxygens (including phenoxy) is 3. The number of alkyl carbamates (subject to hydrolysis) is 1. The van der Waals surface area contributed by atoms with E-state index in [0.717, 1.165) is 0 Å². The Hall–Kier alpha value is -1.79. The fourth-order valence-electron chi connectivity index (χ4n) is 1.37. The zero-order valence-corrected chi connectivity index (χ0v) is 9.03. The minimum Gasteiger partial charge on any atom is -0.444 e. The van der Waals surface area contributed by atoms with Crippen molar-refractivity contribution in [3.8, 4) is 0 Å². The molecule has 2 rings (SSSR count). The molecule has 2 heterocycles. The SMILES string of the molecule is CC(C)(C)OC(=O)NC12C(=O)OC1OC2=O. The van der Waals surface area contributed by atoms with E-state index >= 15 is 0 Å². The molecule has 88 valence electrons. The molecule has 0 unspecified atom stereocenters. The van der Waals surface area contributed by atoms with Gasteiger partial charge >= 0.3 is 23.6 Å². The molecule has 7 heteroatoms. The number of rotatable bonds is 1. The molecule has 1 N–H and O–H groups in total. The van der Waals surface area contributed by atoms with E-state index in [2.05, 4.69) is 14.8 Å². The van der Waals surface area contributed by atoms with Gasteiger partial charge in [-0.3, -0.25) is 5.32 Å². The van der Waals surface area contributed by atoms with Crippen molar-refractivity contribution in [1.29, 1.82) is 0 Å². The highest BCUT2D eigenvalue weighted by Gasteiger charge is 2.77. The van der Waals surface area contributed by atoms with Gasteiger partial charge in [-0.15, -0.1) is 0 Å². The number of carbonyl (C=O) groups is 3. The van der Waals surface area contributed by atoms with Crippen molar-refractivity contribution in [2.75, 3.05) is 0 Å². The molecule has 0 spiro atoms. The summed E-state index contributed by atoms with van der Waals surface area (Å²) >= 11 is 0. The fourth-order valence-corrected chi connectivity index (χ4v) is 1.37. The second kappa shape index (κ2) is 2.87. The maximum atomic E-state index is 11.4. The van der Waals surface area contributed by atoms with Gasteiger partial charge in [-0.25, -0.2) is 14.4 Å². The van der Waals surface area contributed by atoms with Crippen molar-refractivity contribution in [2.24, 2.45) is 0 Å². The standard InChI is InChI=1S/C9H11NO6/c1-8(2,3)16-7(13)10-9-4(11)14-6(9)15-5(9)12/h6H,1-3H3,(H,10,13). The van der Waals surface area contributed by atoms with Gasteiger partial charge in [0.2, 0.25) is 0 Å². The first-order valence-corrected chi connectivity index (χ1v) is 4.69. The molecule has 2 aliphatic heterocycles. The van der Waals surface area contributed by atoms with Crippen LogP contribution in [0.1, 0.15) is 20.8 Å². The molecule has 2 aliphatic rings. The topological polar surface area (TPSA) is 90.9 Å². The van der Waals surface area contributed by atoms with Crippen molar-refractivity contribution in [3.05, 3.63) is 0 Å². The highest BCUT2D eigenvalue weighted by Crippen LogP contribution is 2.39. The average molecular weight is 229 g/mol. The number of carbonyl (C=O) groups excluding carboxylic acids is 3. The normalized spacial score (nSPS) is 31.3. The highest BCUT2D eigenvalue weighted by molar-refractivity contribution is 6.15. The summed E-state index contributed by atoms with van der Waals surface area (Å²) in [7, 11) is 0. The first kappa shape index (κ1) is 10.7. The molecule has 0 aliphatic carbocycles. The van der Waals surface area contributed by atoms with Crippen LogP contribution in [-0.4, -0.2) is 35.5 Å². The smallest absolute Gasteiger partial charge is 0.409 e. The maximum absolute atomic E-state index is 11.4. The lowest BCUT2D eigenvalue weighted by atomic mass is 9.89. The van der Waals surface area contributed by atoms with Crippen molar-refractivity contribution < 1.29 is 28.6 Å². The van der Waals surface area contributed by atoms with Gasteiger partial charge in [-0.1, -0.05) is 0 Å². The summed E-state index contributed by atoms with van der Waals surface area (Å²) in [6.45, 7) is 5.00. The molecule has 0 saturated carbocycles. The summed E-state index contributed by atoms with van der Waals surface area (Å²) in [5, 5.41) is 2.18. The molecule has 0 bridgehead atoms. The average Bonchev–Trinajstić information content (AvgIpc) is 2.10. The van der Waals surface area contributed by atoms with Crippen LogP contribution in [0.2, 0.25) is 0 Å². The summed E-state index contributed by atoms with van der Waals surface area (Å²) in [4.78, 5) is 33.7. The number of hydrogen-bond donors (Lipinski definition) is 1. The van der Waals surface area contributed by atoms with Crippen LogP contribution in [-0.2, 0) is 23.8 Å². The van der Waals surface area contributed by atoms with Gasteiger partial charge in [0.1, 0.15) is 5.60 Å². The second-order valence-corrected chi connectivity index (χ2v) is 4.58. The number of esters is 2. The van der Waals surface area contributed by atoms with E-state index in [9.17, 15) is 14.4 Å². The van der Waals surface area contributed by atoms with E-state index in [1.165, 1.54) is 0 Å². The number of amides is 1. The highest BCUT2D eigenvalue weighted by atomic mass is 16.8. The molecule has 0 aromatic rings. The van der Waals surface area contributed by atoms with Crippen LogP contribution >= 0.6 is 0 Å². The molecule has 1 amide bonds. The van der Waals surface area contributed by atoms with Crippen LogP contribution in [0.4, 0.5) is 4.79 Å². The van der Waals surface area contributed by atoms with Crippen molar-refractivity contribution in [2.45, 2.75) is 38.2 Å². The van der Waals surface area contributed by atoms with Crippen LogP contribution in [0.25, 0.3) is 0 Å². The second-order valence-electron chi connectivity index (χ2n) is 4.58. The van der Waals surface area contributed by atoms with Crippen LogP contribution in [0, 0.1) is 0 Å². The van der Waals surface area contributed by atoms with E-state index in [4.69, 9.17) is 4.74 Å². The van der Waals surface area contributed by atoms with Crippen LogP contribution < -0.4 is 5.32 Å². The van der Waals surface area contributed by atoms with E-state index in [0.29, 0.717) is 0 Å². The van der Waals surface area contributed by atoms with E-state index in [1.807, 2.05) is 0 Å². The molecule has 0 aromatic heterocycles. The predicted octanol–water partition coefficient (Wildman–Crippen LogP) is -0.310. The maximum Gasteiger partial charge on any atom is 0.409 e. The Bertz CT molecular complexity index is 364. The van der Waals surface area contributed by atoms with Gasteiger partial charge in [0.05, 0.1) is 0 Å². The third-order valence-electron chi connectivity index (χ3n) is 2.12. The Morgan fingerprint density at radius 2 is 1.81 bits per heavy atom. The summed E-state index contributed by atoms with van der Waals surface area (Å²) in [6, 6.07) is 0. The van der Waals surface area contributed by atoms with Crippen molar-refractivity contribution >= 4 is 18.0 Å². The Kier molecular flexibility index (Phi) is 1.92. The first-order valence-electron chi connectivity index (χ1n) is 4.69. The summed E-state index contributed by atoms with van der Waals surface area (Å²) < 4.78 is 13.9. The zero-order valence-electron chi connectivity index (χ0n) is 9.03. The fraction of sp³-hybridized carbons (Fsp3) is 0.667. The van der Waals surface area contributed by atoms with Gasteiger partial charge in [-0.05, 0) is 20.8 Å². The number of hydrogen-bond acceptors (Lipinski definition) is 6. The van der Waals surface area contributed by atoms with Crippen LogP contribution in [0.3, 0.4) is 0 Å². The monoisotopic (exact) mass is 229 g/mol. The van der Waals surface area contributed by atoms with Crippen LogP contribution in [0.15, 0.2) is 0 Å². The number of nitrogens with one attached hydrogen (secondary N) is 1. The quantitative estimate of drug-likeness (QED) is 0.490. The molecule has 2 fully saturated rings. The lowest BCUT2D eigenvalue weighted by Crippen LogP contribution is -2.84. The summed E-state index contributed by atoms with van der Waals surface area (Å²) in [5.74, 6) is -1.64. The molecular formula is C9H11NO6. The van der Waals surface area contributed by atoms with Gasteiger partial charge in [0.15, 0.2) is 0 Å². The van der Waals surface area contributed by atoms with Gasteiger partial charge in [-0.2, -0.15) is 0 Å². The molecule has 0 atom stereocenters.